The molecule has 0 amide bonds. The van der Waals surface area contributed by atoms with Gasteiger partial charge in [-0.05, 0) is 18.2 Å². The van der Waals surface area contributed by atoms with Crippen molar-refractivity contribution in [3.8, 4) is 5.75 Å². The van der Waals surface area contributed by atoms with Crippen molar-refractivity contribution in [3.05, 3.63) is 28.8 Å². The van der Waals surface area contributed by atoms with Gasteiger partial charge in [0.1, 0.15) is 10.7 Å². The Kier molecular flexibility index (Phi) is 4.13. The molecule has 14 heavy (non-hydrogen) atoms. The fraction of sp³-hybridized carbons (Fsp3) is 0.222. The number of ether oxygens (including phenoxy) is 2. The zero-order chi connectivity index (χ0) is 10.6. The van der Waals surface area contributed by atoms with Crippen LogP contribution in [0.2, 0.25) is 5.02 Å². The van der Waals surface area contributed by atoms with Gasteiger partial charge in [-0.1, -0.05) is 23.8 Å². The van der Waals surface area contributed by atoms with Gasteiger partial charge in [-0.25, -0.2) is 0 Å². The predicted octanol–water partition coefficient (Wildman–Crippen LogP) is 1.96. The summed E-state index contributed by atoms with van der Waals surface area (Å²) in [6.45, 7) is 0.135. The molecule has 0 aromatic heterocycles. The molecule has 0 unspecified atom stereocenters. The highest BCUT2D eigenvalue weighted by Gasteiger charge is 2.06. The zero-order valence-electron chi connectivity index (χ0n) is 7.62. The molecule has 0 aliphatic heterocycles. The summed E-state index contributed by atoms with van der Waals surface area (Å²) in [6, 6.07) is 5.07. The van der Waals surface area contributed by atoms with Gasteiger partial charge in [-0.3, -0.25) is 0 Å². The molecule has 1 aromatic carbocycles. The molecular formula is C9H10ClNO2S. The molecule has 5 heteroatoms. The first-order chi connectivity index (χ1) is 6.65. The van der Waals surface area contributed by atoms with E-state index in [1.165, 1.54) is 7.11 Å². The lowest BCUT2D eigenvalue weighted by Crippen LogP contribution is -2.12. The van der Waals surface area contributed by atoms with E-state index in [0.717, 1.165) is 0 Å². The van der Waals surface area contributed by atoms with Crippen molar-refractivity contribution in [1.29, 1.82) is 0 Å². The van der Waals surface area contributed by atoms with E-state index in [1.54, 1.807) is 18.2 Å². The van der Waals surface area contributed by atoms with Gasteiger partial charge in [0.25, 0.3) is 0 Å². The van der Waals surface area contributed by atoms with Gasteiger partial charge in [-0.15, -0.1) is 0 Å². The molecule has 0 atom stereocenters. The highest BCUT2D eigenvalue weighted by molar-refractivity contribution is 7.80. The first-order valence-corrected chi connectivity index (χ1v) is 4.65. The minimum absolute atomic E-state index is 0.135. The van der Waals surface area contributed by atoms with E-state index in [-0.39, 0.29) is 11.8 Å². The van der Waals surface area contributed by atoms with E-state index >= 15 is 0 Å². The fourth-order valence-corrected chi connectivity index (χ4v) is 1.27. The third kappa shape index (κ3) is 2.83. The molecule has 1 rings (SSSR count). The van der Waals surface area contributed by atoms with E-state index in [9.17, 15) is 0 Å². The van der Waals surface area contributed by atoms with E-state index < -0.39 is 0 Å². The summed E-state index contributed by atoms with van der Waals surface area (Å²) in [6.07, 6.45) is 0. The van der Waals surface area contributed by atoms with Crippen LogP contribution in [0.5, 0.6) is 5.75 Å². The second kappa shape index (κ2) is 5.14. The van der Waals surface area contributed by atoms with Crippen molar-refractivity contribution < 1.29 is 9.47 Å². The van der Waals surface area contributed by atoms with E-state index in [4.69, 9.17) is 39.0 Å². The van der Waals surface area contributed by atoms with Crippen LogP contribution in [0, 0.1) is 0 Å². The Morgan fingerprint density at radius 2 is 2.29 bits per heavy atom. The van der Waals surface area contributed by atoms with Crippen molar-refractivity contribution >= 4 is 28.8 Å². The van der Waals surface area contributed by atoms with Crippen molar-refractivity contribution in [2.45, 2.75) is 0 Å². The van der Waals surface area contributed by atoms with Gasteiger partial charge in [0, 0.05) is 12.1 Å². The number of nitrogens with two attached hydrogens (primary N) is 1. The number of hydrogen-bond donors (Lipinski definition) is 1. The fourth-order valence-electron chi connectivity index (χ4n) is 0.942. The maximum Gasteiger partial charge on any atom is 0.188 e. The topological polar surface area (TPSA) is 44.5 Å². The Morgan fingerprint density at radius 3 is 2.86 bits per heavy atom. The molecular weight excluding hydrogens is 222 g/mol. The van der Waals surface area contributed by atoms with E-state index in [2.05, 4.69) is 0 Å². The summed E-state index contributed by atoms with van der Waals surface area (Å²) in [7, 11) is 1.53. The molecule has 0 saturated heterocycles. The highest BCUT2D eigenvalue weighted by Crippen LogP contribution is 2.23. The third-order valence-corrected chi connectivity index (χ3v) is 2.00. The molecule has 76 valence electrons. The summed E-state index contributed by atoms with van der Waals surface area (Å²) < 4.78 is 10.0. The maximum atomic E-state index is 5.80. The Bertz CT molecular complexity index is 344. The number of rotatable bonds is 4. The number of methoxy groups -OCH3 is 1. The summed E-state index contributed by atoms with van der Waals surface area (Å²) in [5, 5.41) is 0.566. The van der Waals surface area contributed by atoms with Crippen LogP contribution in [0.3, 0.4) is 0 Å². The number of benzene rings is 1. The standard InChI is InChI=1S/C9H10ClNO2S/c1-12-5-13-8-4-6(10)2-3-7(8)9(11)14/h2-4H,5H2,1H3,(H2,11,14). The molecule has 2 N–H and O–H groups in total. The lowest BCUT2D eigenvalue weighted by atomic mass is 10.2. The lowest BCUT2D eigenvalue weighted by Gasteiger charge is -2.09. The van der Waals surface area contributed by atoms with Crippen LogP contribution in [0.4, 0.5) is 0 Å². The number of thiocarbonyl (C=S) groups is 1. The minimum Gasteiger partial charge on any atom is -0.467 e. The van der Waals surface area contributed by atoms with Crippen LogP contribution >= 0.6 is 23.8 Å². The molecule has 0 fully saturated rings. The van der Waals surface area contributed by atoms with Crippen LogP contribution in [-0.2, 0) is 4.74 Å². The van der Waals surface area contributed by atoms with Gasteiger partial charge in [0.2, 0.25) is 0 Å². The van der Waals surface area contributed by atoms with Gasteiger partial charge in [-0.2, -0.15) is 0 Å². The summed E-state index contributed by atoms with van der Waals surface area (Å²) in [5.74, 6) is 0.534. The number of hydrogen-bond acceptors (Lipinski definition) is 3. The molecule has 0 bridgehead atoms. The molecule has 1 aromatic rings. The third-order valence-electron chi connectivity index (χ3n) is 1.54. The summed E-state index contributed by atoms with van der Waals surface area (Å²) in [4.78, 5) is 0.271. The maximum absolute atomic E-state index is 5.80. The van der Waals surface area contributed by atoms with Crippen molar-refractivity contribution in [2.24, 2.45) is 5.73 Å². The van der Waals surface area contributed by atoms with Crippen molar-refractivity contribution in [1.82, 2.24) is 0 Å². The van der Waals surface area contributed by atoms with Crippen LogP contribution in [0.1, 0.15) is 5.56 Å². The SMILES string of the molecule is COCOc1cc(Cl)ccc1C(N)=S. The average molecular weight is 232 g/mol. The molecule has 0 saturated carbocycles. The first kappa shape index (κ1) is 11.2. The zero-order valence-corrected chi connectivity index (χ0v) is 9.19. The second-order valence-corrected chi connectivity index (χ2v) is 3.43. The number of halogens is 1. The quantitative estimate of drug-likeness (QED) is 0.636. The molecule has 0 radical (unpaired) electrons. The van der Waals surface area contributed by atoms with Crippen molar-refractivity contribution in [3.63, 3.8) is 0 Å². The minimum atomic E-state index is 0.135. The highest BCUT2D eigenvalue weighted by atomic mass is 35.5. The van der Waals surface area contributed by atoms with Gasteiger partial charge in [0.15, 0.2) is 6.79 Å². The van der Waals surface area contributed by atoms with E-state index in [1.807, 2.05) is 0 Å². The molecule has 0 aliphatic rings. The molecule has 0 aliphatic carbocycles. The largest absolute Gasteiger partial charge is 0.467 e. The predicted molar refractivity (Wildman–Crippen MR) is 59.8 cm³/mol. The summed E-state index contributed by atoms with van der Waals surface area (Å²) in [5.41, 5.74) is 6.16. The van der Waals surface area contributed by atoms with Gasteiger partial charge >= 0.3 is 0 Å². The molecule has 3 nitrogen and oxygen atoms in total. The van der Waals surface area contributed by atoms with Crippen LogP contribution in [0.15, 0.2) is 18.2 Å². The van der Waals surface area contributed by atoms with Crippen LogP contribution in [0.25, 0.3) is 0 Å². The monoisotopic (exact) mass is 231 g/mol. The van der Waals surface area contributed by atoms with E-state index in [0.29, 0.717) is 16.3 Å². The Labute approximate surface area is 92.8 Å². The van der Waals surface area contributed by atoms with Crippen molar-refractivity contribution in [2.75, 3.05) is 13.9 Å². The average Bonchev–Trinajstić information content (AvgIpc) is 2.14. The summed E-state index contributed by atoms with van der Waals surface area (Å²) >= 11 is 10.7. The van der Waals surface area contributed by atoms with Gasteiger partial charge in [0.05, 0.1) is 5.56 Å². The first-order valence-electron chi connectivity index (χ1n) is 3.86. The lowest BCUT2D eigenvalue weighted by molar-refractivity contribution is 0.0510. The molecule has 0 heterocycles. The Morgan fingerprint density at radius 1 is 1.57 bits per heavy atom. The smallest absolute Gasteiger partial charge is 0.188 e. The Balaban J connectivity index is 2.97. The normalized spacial score (nSPS) is 9.86. The second-order valence-electron chi connectivity index (χ2n) is 2.56. The Hall–Kier alpha value is -0.840. The van der Waals surface area contributed by atoms with Crippen LogP contribution in [-0.4, -0.2) is 18.9 Å². The van der Waals surface area contributed by atoms with Gasteiger partial charge < -0.3 is 15.2 Å². The van der Waals surface area contributed by atoms with Crippen LogP contribution < -0.4 is 10.5 Å². The molecule has 0 spiro atoms.